The van der Waals surface area contributed by atoms with Gasteiger partial charge in [-0.05, 0) is 41.1 Å². The summed E-state index contributed by atoms with van der Waals surface area (Å²) in [5.74, 6) is 1.13. The number of unbranched alkanes of at least 4 members (excludes halogenated alkanes) is 1. The van der Waals surface area contributed by atoms with E-state index in [9.17, 15) is 4.79 Å². The van der Waals surface area contributed by atoms with Crippen molar-refractivity contribution in [3.8, 4) is 28.4 Å². The van der Waals surface area contributed by atoms with Gasteiger partial charge in [0.2, 0.25) is 0 Å². The number of tetrazole rings is 1. The van der Waals surface area contributed by atoms with Gasteiger partial charge >= 0.3 is 0 Å². The zero-order valence-corrected chi connectivity index (χ0v) is 12.7. The van der Waals surface area contributed by atoms with E-state index in [1.54, 1.807) is 6.07 Å². The van der Waals surface area contributed by atoms with Gasteiger partial charge in [0.1, 0.15) is 5.75 Å². The van der Waals surface area contributed by atoms with E-state index in [0.29, 0.717) is 23.7 Å². The van der Waals surface area contributed by atoms with Crippen molar-refractivity contribution < 1.29 is 4.74 Å². The molecule has 2 heterocycles. The lowest BCUT2D eigenvalue weighted by Crippen LogP contribution is -2.10. The van der Waals surface area contributed by atoms with Crippen LogP contribution >= 0.6 is 0 Å². The second-order valence-corrected chi connectivity index (χ2v) is 5.09. The van der Waals surface area contributed by atoms with E-state index in [0.717, 1.165) is 24.2 Å². The Balaban J connectivity index is 1.86. The lowest BCUT2D eigenvalue weighted by molar-refractivity contribution is 0.309. The highest BCUT2D eigenvalue weighted by atomic mass is 16.5. The van der Waals surface area contributed by atoms with Crippen LogP contribution in [0.25, 0.3) is 22.6 Å². The van der Waals surface area contributed by atoms with E-state index in [-0.39, 0.29) is 5.56 Å². The minimum atomic E-state index is -0.252. The molecule has 0 saturated carbocycles. The van der Waals surface area contributed by atoms with E-state index in [1.807, 2.05) is 30.3 Å². The van der Waals surface area contributed by atoms with Crippen molar-refractivity contribution in [2.24, 2.45) is 0 Å². The number of H-pyrrole nitrogens is 2. The third kappa shape index (κ3) is 3.45. The van der Waals surface area contributed by atoms with E-state index in [4.69, 9.17) is 4.74 Å². The van der Waals surface area contributed by atoms with Gasteiger partial charge in [0.05, 0.1) is 12.2 Å². The average molecular weight is 311 g/mol. The standard InChI is InChI=1S/C16H17N5O2/c1-2-3-9-23-12-6-4-5-11(10-12)14-8-7-13(16(22)17-14)15-18-20-21-19-15/h4-8,10H,2-3,9H2,1H3,(H,17,22)(H,18,19,20,21). The monoisotopic (exact) mass is 311 g/mol. The van der Waals surface area contributed by atoms with Crippen molar-refractivity contribution >= 4 is 0 Å². The maximum absolute atomic E-state index is 12.2. The van der Waals surface area contributed by atoms with Crippen LogP contribution in [0, 0.1) is 0 Å². The molecule has 0 spiro atoms. The van der Waals surface area contributed by atoms with Crippen LogP contribution in [0.5, 0.6) is 5.75 Å². The van der Waals surface area contributed by atoms with E-state index in [1.165, 1.54) is 0 Å². The molecule has 0 radical (unpaired) electrons. The molecule has 0 fully saturated rings. The lowest BCUT2D eigenvalue weighted by Gasteiger charge is -2.08. The van der Waals surface area contributed by atoms with Crippen LogP contribution in [0.15, 0.2) is 41.2 Å². The minimum absolute atomic E-state index is 0.252. The van der Waals surface area contributed by atoms with Crippen molar-refractivity contribution in [2.75, 3.05) is 6.61 Å². The summed E-state index contributed by atoms with van der Waals surface area (Å²) in [7, 11) is 0. The quantitative estimate of drug-likeness (QED) is 0.681. The average Bonchev–Trinajstić information content (AvgIpc) is 3.09. The molecule has 0 saturated heterocycles. The third-order valence-corrected chi connectivity index (χ3v) is 3.42. The number of rotatable bonds is 6. The van der Waals surface area contributed by atoms with Crippen molar-refractivity contribution in [2.45, 2.75) is 19.8 Å². The zero-order valence-electron chi connectivity index (χ0n) is 12.7. The van der Waals surface area contributed by atoms with Crippen molar-refractivity contribution in [1.82, 2.24) is 25.6 Å². The van der Waals surface area contributed by atoms with Gasteiger partial charge in [0, 0.05) is 11.3 Å². The largest absolute Gasteiger partial charge is 0.494 e. The first-order chi connectivity index (χ1) is 11.3. The number of aromatic nitrogens is 5. The predicted octanol–water partition coefficient (Wildman–Crippen LogP) is 2.40. The highest BCUT2D eigenvalue weighted by Crippen LogP contribution is 2.22. The van der Waals surface area contributed by atoms with Gasteiger partial charge in [-0.3, -0.25) is 4.79 Å². The molecule has 0 aliphatic carbocycles. The summed E-state index contributed by atoms with van der Waals surface area (Å²) in [4.78, 5) is 15.1. The van der Waals surface area contributed by atoms with Crippen molar-refractivity contribution in [3.63, 3.8) is 0 Å². The molecule has 0 amide bonds. The van der Waals surface area contributed by atoms with E-state index in [2.05, 4.69) is 32.5 Å². The molecule has 7 nitrogen and oxygen atoms in total. The van der Waals surface area contributed by atoms with E-state index < -0.39 is 0 Å². The Bertz CT molecular complexity index is 826. The summed E-state index contributed by atoms with van der Waals surface area (Å²) < 4.78 is 5.70. The Kier molecular flexibility index (Phi) is 4.46. The first-order valence-corrected chi connectivity index (χ1v) is 7.48. The van der Waals surface area contributed by atoms with Crippen LogP contribution in [-0.4, -0.2) is 32.2 Å². The predicted molar refractivity (Wildman–Crippen MR) is 86.1 cm³/mol. The topological polar surface area (TPSA) is 96.6 Å². The zero-order chi connectivity index (χ0) is 16.1. The molecule has 0 aliphatic heterocycles. The van der Waals surface area contributed by atoms with Gasteiger partial charge in [-0.25, -0.2) is 5.10 Å². The molecule has 7 heteroatoms. The third-order valence-electron chi connectivity index (χ3n) is 3.42. The smallest absolute Gasteiger partial charge is 0.259 e. The van der Waals surface area contributed by atoms with E-state index >= 15 is 0 Å². The molecule has 1 aromatic carbocycles. The fourth-order valence-corrected chi connectivity index (χ4v) is 2.19. The maximum Gasteiger partial charge on any atom is 0.259 e. The second-order valence-electron chi connectivity index (χ2n) is 5.09. The Morgan fingerprint density at radius 3 is 2.87 bits per heavy atom. The highest BCUT2D eigenvalue weighted by molar-refractivity contribution is 5.64. The number of pyridine rings is 1. The molecule has 0 unspecified atom stereocenters. The van der Waals surface area contributed by atoms with Gasteiger partial charge in [0.25, 0.3) is 5.56 Å². The van der Waals surface area contributed by atoms with Gasteiger partial charge in [-0.1, -0.05) is 25.5 Å². The van der Waals surface area contributed by atoms with Crippen LogP contribution in [0.4, 0.5) is 0 Å². The van der Waals surface area contributed by atoms with Crippen molar-refractivity contribution in [3.05, 3.63) is 46.8 Å². The summed E-state index contributed by atoms with van der Waals surface area (Å²) in [6, 6.07) is 11.2. The summed E-state index contributed by atoms with van der Waals surface area (Å²) in [6.45, 7) is 2.81. The Labute approximate surface area is 132 Å². The Morgan fingerprint density at radius 1 is 1.22 bits per heavy atom. The molecule has 0 aliphatic rings. The molecular formula is C16H17N5O2. The number of hydrogen-bond donors (Lipinski definition) is 2. The van der Waals surface area contributed by atoms with Gasteiger partial charge in [-0.2, -0.15) is 0 Å². The lowest BCUT2D eigenvalue weighted by atomic mass is 10.1. The van der Waals surface area contributed by atoms with Crippen LogP contribution in [-0.2, 0) is 0 Å². The molecule has 2 aromatic heterocycles. The molecule has 2 N–H and O–H groups in total. The molecule has 23 heavy (non-hydrogen) atoms. The van der Waals surface area contributed by atoms with Crippen LogP contribution in [0.3, 0.4) is 0 Å². The summed E-state index contributed by atoms with van der Waals surface area (Å²) in [5.41, 5.74) is 1.75. The first-order valence-electron chi connectivity index (χ1n) is 7.48. The SMILES string of the molecule is CCCCOc1cccc(-c2ccc(-c3nnn[nH]3)c(=O)[nH]2)c1. The summed E-state index contributed by atoms with van der Waals surface area (Å²) >= 11 is 0. The number of hydrogen-bond acceptors (Lipinski definition) is 5. The molecule has 0 atom stereocenters. The number of benzene rings is 1. The van der Waals surface area contributed by atoms with Gasteiger partial charge in [-0.15, -0.1) is 5.10 Å². The molecule has 3 rings (SSSR count). The molecule has 3 aromatic rings. The maximum atomic E-state index is 12.2. The van der Waals surface area contributed by atoms with Gasteiger partial charge in [0.15, 0.2) is 5.82 Å². The fraction of sp³-hybridized carbons (Fsp3) is 0.250. The normalized spacial score (nSPS) is 10.7. The minimum Gasteiger partial charge on any atom is -0.494 e. The molecular weight excluding hydrogens is 294 g/mol. The summed E-state index contributed by atoms with van der Waals surface area (Å²) in [5, 5.41) is 13.3. The summed E-state index contributed by atoms with van der Waals surface area (Å²) in [6.07, 6.45) is 2.10. The van der Waals surface area contributed by atoms with Crippen LogP contribution in [0.2, 0.25) is 0 Å². The van der Waals surface area contributed by atoms with Crippen LogP contribution < -0.4 is 10.3 Å². The Hall–Kier alpha value is -2.96. The number of ether oxygens (including phenoxy) is 1. The molecule has 0 bridgehead atoms. The second kappa shape index (κ2) is 6.87. The van der Waals surface area contributed by atoms with Crippen LogP contribution in [0.1, 0.15) is 19.8 Å². The Morgan fingerprint density at radius 2 is 2.13 bits per heavy atom. The van der Waals surface area contributed by atoms with Crippen molar-refractivity contribution in [1.29, 1.82) is 0 Å². The highest BCUT2D eigenvalue weighted by Gasteiger charge is 2.09. The number of nitrogens with one attached hydrogen (secondary N) is 2. The number of aromatic amines is 2. The fourth-order valence-electron chi connectivity index (χ4n) is 2.19. The number of nitrogens with zero attached hydrogens (tertiary/aromatic N) is 3. The first kappa shape index (κ1) is 15.0. The molecule has 118 valence electrons. The van der Waals surface area contributed by atoms with Gasteiger partial charge < -0.3 is 9.72 Å².